The molecule has 1 N–H and O–H groups in total. The molecule has 33 heavy (non-hydrogen) atoms. The molecule has 2 aromatic rings. The van der Waals surface area contributed by atoms with E-state index in [1.54, 1.807) is 12.1 Å². The van der Waals surface area contributed by atoms with Gasteiger partial charge in [0.15, 0.2) is 0 Å². The predicted octanol–water partition coefficient (Wildman–Crippen LogP) is 1.68. The minimum absolute atomic E-state index is 0.116. The van der Waals surface area contributed by atoms with Gasteiger partial charge in [-0.15, -0.1) is 0 Å². The molecule has 0 unspecified atom stereocenters. The number of nitrogens with one attached hydrogen (secondary N) is 1. The first-order chi connectivity index (χ1) is 15.9. The highest BCUT2D eigenvalue weighted by molar-refractivity contribution is 7.92. The Kier molecular flexibility index (Phi) is 7.24. The Morgan fingerprint density at radius 3 is 2.24 bits per heavy atom. The summed E-state index contributed by atoms with van der Waals surface area (Å²) in [7, 11) is -3.67. The number of sulfonamides is 1. The molecule has 0 bridgehead atoms. The van der Waals surface area contributed by atoms with E-state index in [-0.39, 0.29) is 24.1 Å². The quantitative estimate of drug-likeness (QED) is 0.585. The molecule has 3 heterocycles. The lowest BCUT2D eigenvalue weighted by molar-refractivity contribution is -0.147. The summed E-state index contributed by atoms with van der Waals surface area (Å²) in [5, 5.41) is 0. The number of aromatic nitrogens is 1. The Hall–Kier alpha value is -2.98. The fourth-order valence-electron chi connectivity index (χ4n) is 4.10. The molecule has 0 atom stereocenters. The highest BCUT2D eigenvalue weighted by Gasteiger charge is 2.27. The molecule has 0 saturated carbocycles. The van der Waals surface area contributed by atoms with Crippen molar-refractivity contribution in [2.75, 3.05) is 48.1 Å². The highest BCUT2D eigenvalue weighted by Crippen LogP contribution is 2.17. The summed E-state index contributed by atoms with van der Waals surface area (Å²) in [5.74, 6) is 0.0911. The summed E-state index contributed by atoms with van der Waals surface area (Å²) >= 11 is 0. The number of amides is 2. The smallest absolute Gasteiger partial charge is 0.234 e. The number of imide groups is 1. The van der Waals surface area contributed by atoms with Crippen LogP contribution in [0.5, 0.6) is 0 Å². The van der Waals surface area contributed by atoms with Crippen LogP contribution in [0.15, 0.2) is 48.7 Å². The van der Waals surface area contributed by atoms with Crippen molar-refractivity contribution in [1.82, 2.24) is 14.8 Å². The van der Waals surface area contributed by atoms with Crippen molar-refractivity contribution in [2.24, 2.45) is 0 Å². The number of benzene rings is 1. The van der Waals surface area contributed by atoms with Crippen LogP contribution in [-0.4, -0.2) is 73.5 Å². The van der Waals surface area contributed by atoms with Gasteiger partial charge in [-0.1, -0.05) is 18.2 Å². The van der Waals surface area contributed by atoms with Crippen LogP contribution in [0.25, 0.3) is 0 Å². The summed E-state index contributed by atoms with van der Waals surface area (Å²) in [6.07, 6.45) is 2.92. The molecule has 9 nitrogen and oxygen atoms in total. The van der Waals surface area contributed by atoms with E-state index in [1.807, 2.05) is 36.5 Å². The van der Waals surface area contributed by atoms with Gasteiger partial charge in [0.2, 0.25) is 21.8 Å². The molecule has 1 aromatic heterocycles. The van der Waals surface area contributed by atoms with E-state index in [4.69, 9.17) is 0 Å². The zero-order valence-electron chi connectivity index (χ0n) is 18.5. The van der Waals surface area contributed by atoms with Crippen LogP contribution < -0.4 is 9.62 Å². The van der Waals surface area contributed by atoms with Crippen LogP contribution in [0.1, 0.15) is 24.8 Å². The first-order valence-electron chi connectivity index (χ1n) is 11.2. The molecular formula is C23H29N5O4S. The molecule has 0 radical (unpaired) electrons. The molecular weight excluding hydrogens is 442 g/mol. The molecule has 0 aliphatic carbocycles. The predicted molar refractivity (Wildman–Crippen MR) is 126 cm³/mol. The van der Waals surface area contributed by atoms with E-state index < -0.39 is 10.0 Å². The van der Waals surface area contributed by atoms with Crippen molar-refractivity contribution in [3.05, 3.63) is 54.2 Å². The SMILES string of the molecule is O=C1CCCC(=O)N1CCS(=O)(=O)Nc1ccc(CN2CCN(c3ccccn3)CC2)cc1. The minimum Gasteiger partial charge on any atom is -0.354 e. The van der Waals surface area contributed by atoms with Gasteiger partial charge in [0.05, 0.1) is 5.75 Å². The lowest BCUT2D eigenvalue weighted by atomic mass is 10.1. The maximum absolute atomic E-state index is 12.4. The third-order valence-electron chi connectivity index (χ3n) is 5.95. The van der Waals surface area contributed by atoms with Gasteiger partial charge in [-0.05, 0) is 36.2 Å². The lowest BCUT2D eigenvalue weighted by Crippen LogP contribution is -2.46. The van der Waals surface area contributed by atoms with Gasteiger partial charge < -0.3 is 4.90 Å². The molecule has 2 amide bonds. The van der Waals surface area contributed by atoms with Crippen molar-refractivity contribution in [3.63, 3.8) is 0 Å². The van der Waals surface area contributed by atoms with Crippen molar-refractivity contribution >= 4 is 33.3 Å². The molecule has 10 heteroatoms. The molecule has 2 fully saturated rings. The zero-order valence-corrected chi connectivity index (χ0v) is 19.3. The topological polar surface area (TPSA) is 103 Å². The fourth-order valence-corrected chi connectivity index (χ4v) is 5.12. The third kappa shape index (κ3) is 6.29. The van der Waals surface area contributed by atoms with Gasteiger partial charge >= 0.3 is 0 Å². The Morgan fingerprint density at radius 2 is 1.61 bits per heavy atom. The molecule has 1 aromatic carbocycles. The number of carbonyl (C=O) groups excluding carboxylic acids is 2. The number of piperidine rings is 1. The number of carbonyl (C=O) groups is 2. The molecule has 2 aliphatic heterocycles. The second kappa shape index (κ2) is 10.3. The van der Waals surface area contributed by atoms with Gasteiger partial charge in [0, 0.05) is 64.0 Å². The first-order valence-corrected chi connectivity index (χ1v) is 12.9. The third-order valence-corrected chi connectivity index (χ3v) is 7.21. The van der Waals surface area contributed by atoms with Crippen LogP contribution >= 0.6 is 0 Å². The fraction of sp³-hybridized carbons (Fsp3) is 0.435. The van der Waals surface area contributed by atoms with Gasteiger partial charge in [-0.25, -0.2) is 13.4 Å². The number of rotatable bonds is 8. The van der Waals surface area contributed by atoms with E-state index in [9.17, 15) is 18.0 Å². The van der Waals surface area contributed by atoms with Crippen molar-refractivity contribution in [2.45, 2.75) is 25.8 Å². The second-order valence-electron chi connectivity index (χ2n) is 8.36. The number of hydrogen-bond donors (Lipinski definition) is 1. The monoisotopic (exact) mass is 471 g/mol. The van der Waals surface area contributed by atoms with Gasteiger partial charge in [0.25, 0.3) is 0 Å². The number of likely N-dealkylation sites (tertiary alicyclic amines) is 1. The first kappa shape index (κ1) is 23.2. The molecule has 176 valence electrons. The normalized spacial score (nSPS) is 17.9. The maximum Gasteiger partial charge on any atom is 0.234 e. The molecule has 4 rings (SSSR count). The van der Waals surface area contributed by atoms with E-state index in [0.29, 0.717) is 24.9 Å². The number of pyridine rings is 1. The standard InChI is InChI=1S/C23H29N5O4S/c29-22-5-3-6-23(30)28(22)16-17-33(31,32)25-20-9-7-19(8-10-20)18-26-12-14-27(15-13-26)21-4-1-2-11-24-21/h1-2,4,7-11,25H,3,5-6,12-18H2. The van der Waals surface area contributed by atoms with Gasteiger partial charge in [-0.2, -0.15) is 0 Å². The van der Waals surface area contributed by atoms with E-state index in [2.05, 4.69) is 19.5 Å². The number of piperazine rings is 1. The van der Waals surface area contributed by atoms with Crippen molar-refractivity contribution < 1.29 is 18.0 Å². The van der Waals surface area contributed by atoms with Crippen LogP contribution in [0.3, 0.4) is 0 Å². The Morgan fingerprint density at radius 1 is 0.909 bits per heavy atom. The molecule has 0 spiro atoms. The average Bonchev–Trinajstić information content (AvgIpc) is 2.81. The van der Waals surface area contributed by atoms with Crippen LogP contribution in [0.4, 0.5) is 11.5 Å². The summed E-state index contributed by atoms with van der Waals surface area (Å²) in [4.78, 5) is 33.8. The Bertz CT molecular complexity index is 1050. The average molecular weight is 472 g/mol. The Balaban J connectivity index is 1.25. The maximum atomic E-state index is 12.4. The van der Waals surface area contributed by atoms with Gasteiger partial charge in [0.1, 0.15) is 5.82 Å². The Labute approximate surface area is 194 Å². The van der Waals surface area contributed by atoms with Crippen molar-refractivity contribution in [3.8, 4) is 0 Å². The van der Waals surface area contributed by atoms with Gasteiger partial charge in [-0.3, -0.25) is 24.1 Å². The minimum atomic E-state index is -3.67. The molecule has 2 saturated heterocycles. The van der Waals surface area contributed by atoms with Crippen molar-refractivity contribution in [1.29, 1.82) is 0 Å². The summed E-state index contributed by atoms with van der Waals surface area (Å²) in [5.41, 5.74) is 1.57. The lowest BCUT2D eigenvalue weighted by Gasteiger charge is -2.35. The van der Waals surface area contributed by atoms with Crippen LogP contribution in [0, 0.1) is 0 Å². The van der Waals surface area contributed by atoms with E-state index in [0.717, 1.165) is 49.0 Å². The summed E-state index contributed by atoms with van der Waals surface area (Å²) < 4.78 is 27.4. The largest absolute Gasteiger partial charge is 0.354 e. The number of hydrogen-bond acceptors (Lipinski definition) is 7. The van der Waals surface area contributed by atoms with Crippen LogP contribution in [0.2, 0.25) is 0 Å². The summed E-state index contributed by atoms with van der Waals surface area (Å²) in [6, 6.07) is 13.3. The molecule has 2 aliphatic rings. The van der Waals surface area contributed by atoms with Crippen LogP contribution in [-0.2, 0) is 26.2 Å². The summed E-state index contributed by atoms with van der Waals surface area (Å²) in [6.45, 7) is 4.36. The number of nitrogens with zero attached hydrogens (tertiary/aromatic N) is 4. The van der Waals surface area contributed by atoms with E-state index >= 15 is 0 Å². The van der Waals surface area contributed by atoms with E-state index in [1.165, 1.54) is 0 Å². The highest BCUT2D eigenvalue weighted by atomic mass is 32.2. The zero-order chi connectivity index (χ0) is 23.3. The number of anilines is 2. The second-order valence-corrected chi connectivity index (χ2v) is 10.2.